The fourth-order valence-corrected chi connectivity index (χ4v) is 2.47. The molecule has 0 saturated carbocycles. The van der Waals surface area contributed by atoms with Crippen molar-refractivity contribution in [1.29, 1.82) is 0 Å². The summed E-state index contributed by atoms with van der Waals surface area (Å²) in [6.45, 7) is 1.43. The Morgan fingerprint density at radius 3 is 2.55 bits per heavy atom. The Labute approximate surface area is 121 Å². The highest BCUT2D eigenvalue weighted by Crippen LogP contribution is 2.22. The van der Waals surface area contributed by atoms with Crippen LogP contribution in [-0.2, 0) is 9.59 Å². The van der Waals surface area contributed by atoms with Crippen molar-refractivity contribution in [1.82, 2.24) is 0 Å². The maximum atomic E-state index is 11.3. The fraction of sp³-hybridized carbons (Fsp3) is 0.125. The number of carbonyl (C=O) groups is 2. The molecule has 2 aromatic rings. The van der Waals surface area contributed by atoms with Crippen molar-refractivity contribution in [3.05, 3.63) is 53.6 Å². The van der Waals surface area contributed by atoms with E-state index in [1.54, 1.807) is 6.08 Å². The zero-order valence-corrected chi connectivity index (χ0v) is 11.8. The van der Waals surface area contributed by atoms with Crippen molar-refractivity contribution in [2.45, 2.75) is 6.92 Å². The third kappa shape index (κ3) is 3.48. The van der Waals surface area contributed by atoms with Gasteiger partial charge in [0.05, 0.1) is 0 Å². The molecule has 1 N–H and O–H groups in total. The van der Waals surface area contributed by atoms with Crippen LogP contribution in [0.3, 0.4) is 0 Å². The lowest BCUT2D eigenvalue weighted by molar-refractivity contribution is -0.132. The van der Waals surface area contributed by atoms with Gasteiger partial charge in [0.1, 0.15) is 0 Å². The average molecular weight is 286 g/mol. The molecule has 0 bridgehead atoms. The standard InChI is InChI=1S/C16H14O3S/c1-11(17)20-10-14(16(18)19)9-13-7-4-6-12-5-2-3-8-15(12)13/h2-9H,10H2,1H3,(H,18,19)/b14-9+. The van der Waals surface area contributed by atoms with E-state index in [4.69, 9.17) is 0 Å². The van der Waals surface area contributed by atoms with Crippen molar-refractivity contribution < 1.29 is 14.7 Å². The van der Waals surface area contributed by atoms with Crippen LogP contribution in [0.4, 0.5) is 0 Å². The number of rotatable bonds is 4. The van der Waals surface area contributed by atoms with Gasteiger partial charge in [0.25, 0.3) is 0 Å². The Morgan fingerprint density at radius 1 is 1.15 bits per heavy atom. The van der Waals surface area contributed by atoms with Crippen molar-refractivity contribution in [2.75, 3.05) is 5.75 Å². The van der Waals surface area contributed by atoms with E-state index in [-0.39, 0.29) is 16.4 Å². The van der Waals surface area contributed by atoms with Crippen LogP contribution in [0.25, 0.3) is 16.8 Å². The first kappa shape index (κ1) is 14.3. The van der Waals surface area contributed by atoms with Crippen molar-refractivity contribution in [3.8, 4) is 0 Å². The minimum absolute atomic E-state index is 0.0879. The minimum atomic E-state index is -0.994. The van der Waals surface area contributed by atoms with E-state index in [0.29, 0.717) is 0 Å². The molecule has 3 nitrogen and oxygen atoms in total. The SMILES string of the molecule is CC(=O)SC/C(=C\c1cccc2ccccc12)C(=O)O. The number of carbonyl (C=O) groups excluding carboxylic acids is 1. The van der Waals surface area contributed by atoms with Gasteiger partial charge in [-0.3, -0.25) is 4.79 Å². The van der Waals surface area contributed by atoms with Crippen molar-refractivity contribution in [2.24, 2.45) is 0 Å². The first-order valence-electron chi connectivity index (χ1n) is 6.13. The van der Waals surface area contributed by atoms with Gasteiger partial charge in [0.2, 0.25) is 0 Å². The third-order valence-corrected chi connectivity index (χ3v) is 3.72. The summed E-state index contributed by atoms with van der Waals surface area (Å²) in [5.74, 6) is -0.819. The van der Waals surface area contributed by atoms with E-state index in [2.05, 4.69) is 0 Å². The van der Waals surface area contributed by atoms with Crippen LogP contribution < -0.4 is 0 Å². The van der Waals surface area contributed by atoms with E-state index in [1.165, 1.54) is 6.92 Å². The summed E-state index contributed by atoms with van der Waals surface area (Å²) >= 11 is 1.00. The van der Waals surface area contributed by atoms with Gasteiger partial charge >= 0.3 is 5.97 Å². The maximum Gasteiger partial charge on any atom is 0.332 e. The Bertz CT molecular complexity index is 684. The topological polar surface area (TPSA) is 54.4 Å². The molecule has 0 heterocycles. The van der Waals surface area contributed by atoms with Gasteiger partial charge in [-0.1, -0.05) is 54.2 Å². The maximum absolute atomic E-state index is 11.3. The summed E-state index contributed by atoms with van der Waals surface area (Å²) in [4.78, 5) is 22.2. The molecule has 0 radical (unpaired) electrons. The number of carboxylic acid groups (broad SMARTS) is 1. The van der Waals surface area contributed by atoms with Gasteiger partial charge in [-0.2, -0.15) is 0 Å². The molecule has 0 saturated heterocycles. The molecule has 0 atom stereocenters. The zero-order chi connectivity index (χ0) is 14.5. The Hall–Kier alpha value is -2.07. The van der Waals surface area contributed by atoms with E-state index in [1.807, 2.05) is 42.5 Å². The van der Waals surface area contributed by atoms with E-state index >= 15 is 0 Å². The van der Waals surface area contributed by atoms with E-state index in [9.17, 15) is 14.7 Å². The number of carboxylic acids is 1. The number of hydrogen-bond acceptors (Lipinski definition) is 3. The number of thioether (sulfide) groups is 1. The molecule has 102 valence electrons. The molecular weight excluding hydrogens is 272 g/mol. The van der Waals surface area contributed by atoms with Crippen molar-refractivity contribution in [3.63, 3.8) is 0 Å². The lowest BCUT2D eigenvalue weighted by Crippen LogP contribution is -2.04. The molecule has 0 spiro atoms. The normalized spacial score (nSPS) is 11.6. The summed E-state index contributed by atoms with van der Waals surface area (Å²) in [6, 6.07) is 13.6. The van der Waals surface area contributed by atoms with Crippen LogP contribution in [0.2, 0.25) is 0 Å². The molecule has 2 rings (SSSR count). The summed E-state index contributed by atoms with van der Waals surface area (Å²) in [5.41, 5.74) is 1.08. The highest BCUT2D eigenvalue weighted by atomic mass is 32.2. The summed E-state index contributed by atoms with van der Waals surface area (Å²) in [6.07, 6.45) is 1.64. The molecule has 2 aromatic carbocycles. The van der Waals surface area contributed by atoms with Gasteiger partial charge in [-0.25, -0.2) is 4.79 Å². The summed E-state index contributed by atoms with van der Waals surface area (Å²) in [7, 11) is 0. The number of hydrogen-bond donors (Lipinski definition) is 1. The Morgan fingerprint density at radius 2 is 1.85 bits per heavy atom. The second-order valence-electron chi connectivity index (χ2n) is 4.32. The molecule has 0 aliphatic carbocycles. The predicted octanol–water partition coefficient (Wildman–Crippen LogP) is 3.59. The monoisotopic (exact) mass is 286 g/mol. The van der Waals surface area contributed by atoms with E-state index in [0.717, 1.165) is 28.1 Å². The largest absolute Gasteiger partial charge is 0.478 e. The molecular formula is C16H14O3S. The summed E-state index contributed by atoms with van der Waals surface area (Å²) in [5, 5.41) is 11.2. The first-order valence-corrected chi connectivity index (χ1v) is 7.11. The Kier molecular flexibility index (Phi) is 4.58. The molecule has 0 fully saturated rings. The second-order valence-corrected chi connectivity index (χ2v) is 5.48. The van der Waals surface area contributed by atoms with Crippen LogP contribution in [-0.4, -0.2) is 21.9 Å². The number of fused-ring (bicyclic) bond motifs is 1. The average Bonchev–Trinajstić information content (AvgIpc) is 2.43. The second kappa shape index (κ2) is 6.39. The lowest BCUT2D eigenvalue weighted by atomic mass is 10.0. The predicted molar refractivity (Wildman–Crippen MR) is 82.7 cm³/mol. The number of benzene rings is 2. The Balaban J connectivity index is 2.43. The van der Waals surface area contributed by atoms with Crippen LogP contribution in [0, 0.1) is 0 Å². The van der Waals surface area contributed by atoms with Gasteiger partial charge in [-0.15, -0.1) is 0 Å². The molecule has 0 amide bonds. The molecule has 0 aliphatic rings. The molecule has 0 aromatic heterocycles. The van der Waals surface area contributed by atoms with Crippen LogP contribution in [0.5, 0.6) is 0 Å². The van der Waals surface area contributed by atoms with Crippen LogP contribution in [0.15, 0.2) is 48.0 Å². The zero-order valence-electron chi connectivity index (χ0n) is 11.0. The van der Waals surface area contributed by atoms with Gasteiger partial charge in [0.15, 0.2) is 5.12 Å². The van der Waals surface area contributed by atoms with E-state index < -0.39 is 5.97 Å². The third-order valence-electron chi connectivity index (χ3n) is 2.86. The smallest absolute Gasteiger partial charge is 0.332 e. The minimum Gasteiger partial charge on any atom is -0.478 e. The molecule has 0 unspecified atom stereocenters. The van der Waals surface area contributed by atoms with Crippen LogP contribution in [0.1, 0.15) is 12.5 Å². The molecule has 20 heavy (non-hydrogen) atoms. The molecule has 4 heteroatoms. The lowest BCUT2D eigenvalue weighted by Gasteiger charge is -2.04. The van der Waals surface area contributed by atoms with Gasteiger partial charge < -0.3 is 5.11 Å². The first-order chi connectivity index (χ1) is 9.58. The highest BCUT2D eigenvalue weighted by Gasteiger charge is 2.10. The van der Waals surface area contributed by atoms with Crippen LogP contribution >= 0.6 is 11.8 Å². The number of aliphatic carboxylic acids is 1. The summed E-state index contributed by atoms with van der Waals surface area (Å²) < 4.78 is 0. The highest BCUT2D eigenvalue weighted by molar-refractivity contribution is 8.13. The quantitative estimate of drug-likeness (QED) is 0.873. The van der Waals surface area contributed by atoms with Gasteiger partial charge in [0, 0.05) is 18.2 Å². The molecule has 0 aliphatic heterocycles. The van der Waals surface area contributed by atoms with Crippen molar-refractivity contribution >= 4 is 39.7 Å². The van der Waals surface area contributed by atoms with Gasteiger partial charge in [-0.05, 0) is 22.4 Å². The fourth-order valence-electron chi connectivity index (χ4n) is 1.91.